The number of amides is 2. The summed E-state index contributed by atoms with van der Waals surface area (Å²) in [5.74, 6) is 0.0789. The molecule has 2 aromatic heterocycles. The molecule has 0 bridgehead atoms. The highest BCUT2D eigenvalue weighted by Crippen LogP contribution is 2.28. The van der Waals surface area contributed by atoms with Gasteiger partial charge in [-0.3, -0.25) is 15.0 Å². The van der Waals surface area contributed by atoms with E-state index in [1.165, 1.54) is 55.9 Å². The molecule has 16 heteroatoms. The lowest BCUT2D eigenvalue weighted by atomic mass is 10.2. The Kier molecular flexibility index (Phi) is 8.74. The molecule has 0 fully saturated rings. The molecule has 2 heterocycles. The number of carbonyl (C=O) groups is 2. The molecule has 0 saturated carbocycles. The highest BCUT2D eigenvalue weighted by molar-refractivity contribution is 9.10. The Balaban J connectivity index is 2.08. The molecule has 216 valence electrons. The molecule has 0 atom stereocenters. The van der Waals surface area contributed by atoms with Gasteiger partial charge in [-0.1, -0.05) is 12.1 Å². The largest absolute Gasteiger partial charge is 0.443 e. The second kappa shape index (κ2) is 11.4. The average molecular weight is 642 g/mol. The number of hydrogen-bond acceptors (Lipinski definition) is 10. The van der Waals surface area contributed by atoms with Crippen LogP contribution in [-0.4, -0.2) is 68.7 Å². The summed E-state index contributed by atoms with van der Waals surface area (Å²) in [6, 6.07) is 6.09. The minimum Gasteiger partial charge on any atom is -0.443 e. The lowest BCUT2D eigenvalue weighted by molar-refractivity contribution is -0.387. The molecule has 3 rings (SSSR count). The summed E-state index contributed by atoms with van der Waals surface area (Å²) in [4.78, 5) is 41.9. The maximum absolute atomic E-state index is 13.7. The van der Waals surface area contributed by atoms with Crippen LogP contribution in [0.1, 0.15) is 41.5 Å². The molecular weight excluding hydrogens is 612 g/mol. The fourth-order valence-corrected chi connectivity index (χ4v) is 5.17. The molecule has 0 unspecified atom stereocenters. The van der Waals surface area contributed by atoms with E-state index in [0.29, 0.717) is 14.4 Å². The van der Waals surface area contributed by atoms with Crippen LogP contribution < -0.4 is 4.90 Å². The van der Waals surface area contributed by atoms with E-state index in [2.05, 4.69) is 26.0 Å². The highest BCUT2D eigenvalue weighted by Gasteiger charge is 2.38. The Morgan fingerprint density at radius 2 is 1.62 bits per heavy atom. The third kappa shape index (κ3) is 7.24. The first kappa shape index (κ1) is 30.7. The zero-order valence-corrected chi connectivity index (χ0v) is 25.1. The number of rotatable bonds is 7. The number of anilines is 1. The van der Waals surface area contributed by atoms with E-state index >= 15 is 0 Å². The van der Waals surface area contributed by atoms with Gasteiger partial charge in [0.05, 0.1) is 22.1 Å². The van der Waals surface area contributed by atoms with Gasteiger partial charge in [0.2, 0.25) is 0 Å². The number of hydrogen-bond donors (Lipinski definition) is 0. The average Bonchev–Trinajstić information content (AvgIpc) is 3.19. The first-order chi connectivity index (χ1) is 18.4. The number of nitro groups is 1. The number of fused-ring (bicyclic) bond motifs is 1. The predicted octanol–water partition coefficient (Wildman–Crippen LogP) is 4.77. The first-order valence-electron chi connectivity index (χ1n) is 11.9. The first-order valence-corrected chi connectivity index (χ1v) is 14.1. The number of ether oxygens (including phenoxy) is 2. The van der Waals surface area contributed by atoms with Gasteiger partial charge in [0.15, 0.2) is 10.5 Å². The third-order valence-corrected chi connectivity index (χ3v) is 7.33. The molecule has 0 N–H and O–H groups in total. The number of aromatic nitrogens is 3. The van der Waals surface area contributed by atoms with Crippen molar-refractivity contribution in [2.75, 3.05) is 18.0 Å². The zero-order chi connectivity index (χ0) is 30.0. The number of halogens is 1. The minimum atomic E-state index is -4.82. The summed E-state index contributed by atoms with van der Waals surface area (Å²) in [5, 5.41) is 15.7. The predicted molar refractivity (Wildman–Crippen MR) is 147 cm³/mol. The smallest absolute Gasteiger partial charge is 0.424 e. The second-order valence-corrected chi connectivity index (χ2v) is 13.1. The van der Waals surface area contributed by atoms with E-state index in [0.717, 1.165) is 17.0 Å². The molecule has 0 aliphatic carbocycles. The molecule has 0 aliphatic rings. The van der Waals surface area contributed by atoms with Gasteiger partial charge >= 0.3 is 12.2 Å². The van der Waals surface area contributed by atoms with Crippen LogP contribution in [0.5, 0.6) is 0 Å². The van der Waals surface area contributed by atoms with Crippen LogP contribution >= 0.6 is 15.9 Å². The van der Waals surface area contributed by atoms with E-state index in [1.807, 2.05) is 0 Å². The maximum atomic E-state index is 13.7. The number of nitrogens with zero attached hydrogens (tertiary/aromatic N) is 6. The number of carbonyl (C=O) groups excluding carboxylic acids is 2. The van der Waals surface area contributed by atoms with E-state index < -0.39 is 62.0 Å². The van der Waals surface area contributed by atoms with Gasteiger partial charge in [0.25, 0.3) is 15.7 Å². The van der Waals surface area contributed by atoms with Crippen LogP contribution in [0.4, 0.5) is 21.1 Å². The van der Waals surface area contributed by atoms with Crippen LogP contribution in [0.3, 0.4) is 0 Å². The molecule has 0 radical (unpaired) electrons. The monoisotopic (exact) mass is 640 g/mol. The summed E-state index contributed by atoms with van der Waals surface area (Å²) >= 11 is 3.33. The normalized spacial score (nSPS) is 12.2. The van der Waals surface area contributed by atoms with Crippen molar-refractivity contribution in [3.8, 4) is 0 Å². The van der Waals surface area contributed by atoms with Crippen molar-refractivity contribution in [1.82, 2.24) is 18.9 Å². The second-order valence-electron chi connectivity index (χ2n) is 10.5. The van der Waals surface area contributed by atoms with Gasteiger partial charge in [-0.25, -0.2) is 27.5 Å². The van der Waals surface area contributed by atoms with Crippen molar-refractivity contribution in [3.05, 3.63) is 57.3 Å². The molecule has 0 saturated heterocycles. The fraction of sp³-hybridized carbons (Fsp3) is 0.417. The molecule has 1 aromatic carbocycles. The Labute approximate surface area is 239 Å². The molecule has 40 heavy (non-hydrogen) atoms. The summed E-state index contributed by atoms with van der Waals surface area (Å²) in [6.45, 7) is 8.50. The van der Waals surface area contributed by atoms with E-state index in [1.54, 1.807) is 20.8 Å². The molecule has 0 aliphatic heterocycles. The van der Waals surface area contributed by atoms with E-state index in [9.17, 15) is 28.1 Å². The quantitative estimate of drug-likeness (QED) is 0.259. The lowest BCUT2D eigenvalue weighted by Gasteiger charge is -2.30. The SMILES string of the molecule is CC(C)(C)OC(=O)N(CCN(C(=O)OC(C)(C)C)S(=O)(=O)c1ccccc1[N+](=O)[O-])c1ccn2ncc(Br)c2n1. The van der Waals surface area contributed by atoms with Crippen LogP contribution in [0.25, 0.3) is 5.65 Å². The van der Waals surface area contributed by atoms with Gasteiger partial charge in [-0.2, -0.15) is 9.40 Å². The fourth-order valence-electron chi connectivity index (χ4n) is 3.36. The van der Waals surface area contributed by atoms with Crippen molar-refractivity contribution < 1.29 is 32.4 Å². The van der Waals surface area contributed by atoms with E-state index in [-0.39, 0.29) is 5.82 Å². The molecule has 0 spiro atoms. The van der Waals surface area contributed by atoms with Crippen molar-refractivity contribution in [1.29, 1.82) is 0 Å². The van der Waals surface area contributed by atoms with Gasteiger partial charge in [0.1, 0.15) is 17.0 Å². The minimum absolute atomic E-state index is 0.0789. The Bertz CT molecular complexity index is 1540. The standard InChI is InChI=1S/C24H29BrN6O8S/c1-23(2,3)38-21(32)28(19-11-12-29-20(27-19)16(25)15-26-29)13-14-30(22(33)39-24(4,5)6)40(36,37)18-10-8-7-9-17(18)31(34)35/h7-12,15H,13-14H2,1-6H3. The van der Waals surface area contributed by atoms with Crippen molar-refractivity contribution >= 4 is 55.3 Å². The van der Waals surface area contributed by atoms with E-state index in [4.69, 9.17) is 9.47 Å². The van der Waals surface area contributed by atoms with Crippen molar-refractivity contribution in [2.24, 2.45) is 0 Å². The van der Waals surface area contributed by atoms with Crippen molar-refractivity contribution in [2.45, 2.75) is 57.6 Å². The molecule has 2 amide bonds. The topological polar surface area (TPSA) is 167 Å². The van der Waals surface area contributed by atoms with Crippen LogP contribution in [-0.2, 0) is 19.5 Å². The zero-order valence-electron chi connectivity index (χ0n) is 22.7. The Morgan fingerprint density at radius 1 is 1.02 bits per heavy atom. The third-order valence-electron chi connectivity index (χ3n) is 4.96. The maximum Gasteiger partial charge on any atom is 0.424 e. The number of nitro benzene ring substituents is 1. The number of para-hydroxylation sites is 1. The van der Waals surface area contributed by atoms with Gasteiger partial charge < -0.3 is 9.47 Å². The summed E-state index contributed by atoms with van der Waals surface area (Å²) in [7, 11) is -4.82. The summed E-state index contributed by atoms with van der Waals surface area (Å²) in [5.41, 5.74) is -2.38. The van der Waals surface area contributed by atoms with Crippen LogP contribution in [0, 0.1) is 10.1 Å². The van der Waals surface area contributed by atoms with Crippen molar-refractivity contribution in [3.63, 3.8) is 0 Å². The Hall–Kier alpha value is -3.79. The summed E-state index contributed by atoms with van der Waals surface area (Å²) in [6.07, 6.45) is 0.896. The number of benzene rings is 1. The molecule has 3 aromatic rings. The number of sulfonamides is 1. The lowest BCUT2D eigenvalue weighted by Crippen LogP contribution is -2.47. The van der Waals surface area contributed by atoms with Gasteiger partial charge in [-0.15, -0.1) is 0 Å². The van der Waals surface area contributed by atoms with Gasteiger partial charge in [0, 0.05) is 18.8 Å². The Morgan fingerprint density at radius 3 is 2.23 bits per heavy atom. The highest BCUT2D eigenvalue weighted by atomic mass is 79.9. The summed E-state index contributed by atoms with van der Waals surface area (Å²) < 4.78 is 40.5. The molecular formula is C24H29BrN6O8S. The van der Waals surface area contributed by atoms with Gasteiger partial charge in [-0.05, 0) is 69.6 Å². The van der Waals surface area contributed by atoms with Crippen LogP contribution in [0.2, 0.25) is 0 Å². The van der Waals surface area contributed by atoms with Crippen LogP contribution in [0.15, 0.2) is 52.1 Å². The molecule has 14 nitrogen and oxygen atoms in total.